The number of hydrogen-bond donors (Lipinski definition) is 2. The predicted octanol–water partition coefficient (Wildman–Crippen LogP) is 3.65. The van der Waals surface area contributed by atoms with Crippen LogP contribution in [0.1, 0.15) is 39.8 Å². The average molecular weight is 439 g/mol. The summed E-state index contributed by atoms with van der Waals surface area (Å²) in [6.45, 7) is 5.41. The Morgan fingerprint density at radius 2 is 2.14 bits per heavy atom. The summed E-state index contributed by atoms with van der Waals surface area (Å²) in [6.07, 6.45) is 2.29. The number of fused-ring (bicyclic) bond motifs is 1. The number of hydrogen-bond acceptors (Lipinski definition) is 6. The lowest BCUT2D eigenvalue weighted by Gasteiger charge is -2.06. The van der Waals surface area contributed by atoms with Gasteiger partial charge in [0, 0.05) is 23.4 Å². The number of carbonyl (C=O) groups is 1. The molecule has 0 aliphatic carbocycles. The van der Waals surface area contributed by atoms with Crippen molar-refractivity contribution in [1.82, 2.24) is 20.5 Å². The Balaban J connectivity index is 1.58. The normalized spacial score (nSPS) is 12.8. The summed E-state index contributed by atoms with van der Waals surface area (Å²) in [7, 11) is -3.28. The molecular weight excluding hydrogens is 420 g/mol. The van der Waals surface area contributed by atoms with Crippen molar-refractivity contribution in [2.24, 2.45) is 0 Å². The second-order valence-electron chi connectivity index (χ2n) is 6.46. The third kappa shape index (κ3) is 4.78. The molecule has 28 heavy (non-hydrogen) atoms. The van der Waals surface area contributed by atoms with Gasteiger partial charge in [0.15, 0.2) is 15.5 Å². The summed E-state index contributed by atoms with van der Waals surface area (Å²) in [6, 6.07) is 6.99. The molecule has 10 heteroatoms. The largest absolute Gasteiger partial charge is 0.325 e. The van der Waals surface area contributed by atoms with Crippen molar-refractivity contribution in [3.63, 3.8) is 0 Å². The molecule has 0 saturated carbocycles. The monoisotopic (exact) mass is 438 g/mol. The minimum atomic E-state index is -3.28. The predicted molar refractivity (Wildman–Crippen MR) is 111 cm³/mol. The molecule has 2 N–H and O–H groups in total. The van der Waals surface area contributed by atoms with E-state index in [1.165, 1.54) is 13.0 Å². The molecule has 1 amide bonds. The first-order chi connectivity index (χ1) is 13.1. The molecule has 148 valence electrons. The lowest BCUT2D eigenvalue weighted by atomic mass is 10.2. The number of sulfone groups is 1. The molecule has 7 nitrogen and oxygen atoms in total. The van der Waals surface area contributed by atoms with Crippen molar-refractivity contribution in [1.29, 1.82) is 0 Å². The van der Waals surface area contributed by atoms with Gasteiger partial charge in [-0.1, -0.05) is 18.2 Å². The summed E-state index contributed by atoms with van der Waals surface area (Å²) < 4.78 is 24.2. The zero-order valence-electron chi connectivity index (χ0n) is 15.3. The van der Waals surface area contributed by atoms with Crippen molar-refractivity contribution in [3.05, 3.63) is 58.0 Å². The molecule has 0 spiro atoms. The molecule has 0 saturated heterocycles. The van der Waals surface area contributed by atoms with E-state index in [1.54, 1.807) is 17.4 Å². The number of halogens is 1. The number of nitrogens with zero attached hydrogens (tertiary/aromatic N) is 2. The van der Waals surface area contributed by atoms with Crippen LogP contribution >= 0.6 is 22.9 Å². The summed E-state index contributed by atoms with van der Waals surface area (Å²) >= 11 is 7.55. The number of carbonyl (C=O) groups excluding carboxylic acids is 1. The molecule has 1 aromatic carbocycles. The Morgan fingerprint density at radius 1 is 1.39 bits per heavy atom. The summed E-state index contributed by atoms with van der Waals surface area (Å²) in [5.74, 6) is -0.440. The van der Waals surface area contributed by atoms with E-state index in [2.05, 4.69) is 27.1 Å². The van der Waals surface area contributed by atoms with Crippen LogP contribution in [0.2, 0.25) is 5.02 Å². The number of rotatable bonds is 7. The quantitative estimate of drug-likeness (QED) is 0.585. The number of nitrogens with one attached hydrogen (secondary N) is 2. The number of aryl methyl sites for hydroxylation is 1. The van der Waals surface area contributed by atoms with E-state index < -0.39 is 21.0 Å². The number of amides is 1. The van der Waals surface area contributed by atoms with Gasteiger partial charge in [-0.25, -0.2) is 13.4 Å². The van der Waals surface area contributed by atoms with Crippen LogP contribution in [0.25, 0.3) is 10.2 Å². The maximum Gasteiger partial charge on any atom is 0.275 e. The van der Waals surface area contributed by atoms with Crippen LogP contribution in [0.5, 0.6) is 0 Å². The molecule has 0 fully saturated rings. The second kappa shape index (κ2) is 8.02. The van der Waals surface area contributed by atoms with Gasteiger partial charge >= 0.3 is 0 Å². The summed E-state index contributed by atoms with van der Waals surface area (Å²) in [5, 5.41) is 10.0. The summed E-state index contributed by atoms with van der Waals surface area (Å²) in [4.78, 5) is 16.8. The molecule has 3 rings (SSSR count). The molecule has 0 bridgehead atoms. The highest BCUT2D eigenvalue weighted by atomic mass is 35.5. The van der Waals surface area contributed by atoms with Crippen molar-refractivity contribution in [2.45, 2.75) is 25.0 Å². The molecule has 3 aromatic rings. The highest BCUT2D eigenvalue weighted by Gasteiger charge is 2.21. The number of allylic oxidation sites excluding steroid dienone is 1. The van der Waals surface area contributed by atoms with Crippen LogP contribution in [-0.2, 0) is 16.3 Å². The van der Waals surface area contributed by atoms with Gasteiger partial charge in [-0.2, -0.15) is 5.10 Å². The maximum atomic E-state index is 12.3. The standard InChI is InChI=1S/C18H19ClN4O3S2/c1-10(4-7-17-21-13-6-5-12(19)8-16(13)27-17)20-18(24)15-9-14(22-23-15)11(2)28(3,25)26/h5-6,8-9,11H,1,4,7H2,2-3H3,(H,20,24)(H,22,23). The van der Waals surface area contributed by atoms with Gasteiger partial charge in [-0.05, 0) is 37.6 Å². The van der Waals surface area contributed by atoms with Gasteiger partial charge in [-0.15, -0.1) is 11.3 Å². The maximum absolute atomic E-state index is 12.3. The van der Waals surface area contributed by atoms with Gasteiger partial charge in [0.05, 0.1) is 26.2 Å². The molecule has 1 atom stereocenters. The SMILES string of the molecule is C=C(CCc1nc2ccc(Cl)cc2s1)NC(=O)c1cc(C(C)S(C)(=O)=O)[nH]n1. The highest BCUT2D eigenvalue weighted by Crippen LogP contribution is 2.26. The fourth-order valence-electron chi connectivity index (χ4n) is 2.49. The van der Waals surface area contributed by atoms with Crippen molar-refractivity contribution in [3.8, 4) is 0 Å². The molecule has 2 aromatic heterocycles. The van der Waals surface area contributed by atoms with Crippen LogP contribution in [0.4, 0.5) is 0 Å². The number of aromatic nitrogens is 3. The van der Waals surface area contributed by atoms with Gasteiger partial charge in [0.2, 0.25) is 0 Å². The summed E-state index contributed by atoms with van der Waals surface area (Å²) in [5.41, 5.74) is 1.90. The van der Waals surface area contributed by atoms with Crippen molar-refractivity contribution in [2.75, 3.05) is 6.26 Å². The molecule has 0 aliphatic heterocycles. The minimum absolute atomic E-state index is 0.112. The van der Waals surface area contributed by atoms with E-state index in [-0.39, 0.29) is 5.69 Å². The molecule has 1 unspecified atom stereocenters. The number of H-pyrrole nitrogens is 1. The zero-order chi connectivity index (χ0) is 20.5. The van der Waals surface area contributed by atoms with Crippen LogP contribution < -0.4 is 5.32 Å². The number of aromatic amines is 1. The molecule has 0 radical (unpaired) electrons. The average Bonchev–Trinajstić information content (AvgIpc) is 3.24. The highest BCUT2D eigenvalue weighted by molar-refractivity contribution is 7.90. The van der Waals surface area contributed by atoms with Crippen molar-refractivity contribution < 1.29 is 13.2 Å². The lowest BCUT2D eigenvalue weighted by molar-refractivity contribution is 0.0960. The Labute approximate surface area is 171 Å². The first-order valence-electron chi connectivity index (χ1n) is 8.42. The van der Waals surface area contributed by atoms with E-state index in [0.29, 0.717) is 29.3 Å². The third-order valence-corrected chi connectivity index (χ3v) is 7.09. The van der Waals surface area contributed by atoms with E-state index in [1.807, 2.05) is 12.1 Å². The van der Waals surface area contributed by atoms with Gasteiger partial charge in [-0.3, -0.25) is 9.89 Å². The van der Waals surface area contributed by atoms with E-state index in [4.69, 9.17) is 11.6 Å². The molecule has 0 aliphatic rings. The zero-order valence-corrected chi connectivity index (χ0v) is 17.7. The Hall–Kier alpha value is -2.23. The Bertz CT molecular complexity index is 1150. The second-order valence-corrected chi connectivity index (χ2v) is 10.4. The fourth-order valence-corrected chi connectivity index (χ4v) is 4.31. The number of thiazole rings is 1. The first-order valence-corrected chi connectivity index (χ1v) is 11.6. The molecule has 2 heterocycles. The van der Waals surface area contributed by atoms with Gasteiger partial charge in [0.1, 0.15) is 0 Å². The van der Waals surface area contributed by atoms with Crippen LogP contribution in [0.15, 0.2) is 36.5 Å². The first kappa shape index (κ1) is 20.5. The topological polar surface area (TPSA) is 105 Å². The minimum Gasteiger partial charge on any atom is -0.325 e. The van der Waals surface area contributed by atoms with E-state index >= 15 is 0 Å². The van der Waals surface area contributed by atoms with Crippen LogP contribution in [0.3, 0.4) is 0 Å². The van der Waals surface area contributed by atoms with Crippen LogP contribution in [-0.4, -0.2) is 35.8 Å². The fraction of sp³-hybridized carbons (Fsp3) is 0.278. The third-order valence-electron chi connectivity index (χ3n) is 4.24. The van der Waals surface area contributed by atoms with E-state index in [0.717, 1.165) is 21.5 Å². The number of benzene rings is 1. The smallest absolute Gasteiger partial charge is 0.275 e. The lowest BCUT2D eigenvalue weighted by Crippen LogP contribution is -2.22. The van der Waals surface area contributed by atoms with Crippen LogP contribution in [0, 0.1) is 0 Å². The van der Waals surface area contributed by atoms with Gasteiger partial charge in [0.25, 0.3) is 5.91 Å². The Morgan fingerprint density at radius 3 is 2.86 bits per heavy atom. The van der Waals surface area contributed by atoms with Crippen molar-refractivity contribution >= 4 is 48.9 Å². The molecular formula is C18H19ClN4O3S2. The van der Waals surface area contributed by atoms with E-state index in [9.17, 15) is 13.2 Å². The Kier molecular flexibility index (Phi) is 5.87. The van der Waals surface area contributed by atoms with Gasteiger partial charge < -0.3 is 5.32 Å².